The van der Waals surface area contributed by atoms with Crippen LogP contribution < -0.4 is 104 Å². The molecule has 2 aliphatic rings. The third kappa shape index (κ3) is 16.5. The van der Waals surface area contributed by atoms with Crippen molar-refractivity contribution in [3.05, 3.63) is 652 Å². The zero-order valence-electron chi connectivity index (χ0n) is 83.7. The maximum absolute atomic E-state index is 2.88. The summed E-state index contributed by atoms with van der Waals surface area (Å²) in [6.07, 6.45) is 2.09. The molecule has 0 atom stereocenters. The van der Waals surface area contributed by atoms with Gasteiger partial charge in [-0.25, -0.2) is 0 Å². The standard InChI is InChI=1S/C48H34N2Si.C42H34Si2.C26H20Si.C26H24Si/c1-4-18-37(19-5-1)51(38-20-6-2-7-21-38,39-22-8-3-9-23-39)40-33-35(49-45-28-14-10-24-41(45)42-25-11-15-29-46(42)49)32-36(34-40)50-47-30-16-12-26-43(47)44-27-13-17-31-48(44)50;1-7-19-35(20-8-1)43(36-21-9-2-10-22-36,37-23-11-3-12-24-37)41-31-33-42(34-32-41)44(38-25-13-4-14-26-38,39-27-15-5-16-28-39)40-29-17-6-18-30-40;1-5-13-23-19(9-1)17-20-10-2-6-14-24(20)27(23)25-15-7-3-11-21(25)18-22-12-4-8-16-26(22)27;1-21-13-9-11-19-25(21)27(23-15-5-3-6-16-23,24-17-7-4-8-18-24)26-20-12-10-14-22(26)2/h1-34H;1-34H;1-16H,17-18H2;3-20H,1-2H3. The Labute approximate surface area is 880 Å². The van der Waals surface area contributed by atoms with Crippen LogP contribution in [-0.2, 0) is 12.8 Å². The summed E-state index contributed by atoms with van der Waals surface area (Å²) in [5.41, 5.74) is 15.9. The molecule has 1 spiro atoms. The number of aromatic nitrogens is 2. The van der Waals surface area contributed by atoms with Crippen LogP contribution in [0.2, 0.25) is 0 Å². The van der Waals surface area contributed by atoms with Gasteiger partial charge in [-0.15, -0.1) is 0 Å². The molecule has 0 N–H and O–H groups in total. The fraction of sp³-hybridized carbons (Fsp3) is 0.0282. The van der Waals surface area contributed by atoms with Gasteiger partial charge in [0.05, 0.1) is 22.1 Å². The van der Waals surface area contributed by atoms with Crippen molar-refractivity contribution in [2.75, 3.05) is 0 Å². The van der Waals surface area contributed by atoms with Gasteiger partial charge in [-0.3, -0.25) is 0 Å². The van der Waals surface area contributed by atoms with Gasteiger partial charge < -0.3 is 9.13 Å². The van der Waals surface area contributed by atoms with E-state index in [1.54, 1.807) is 20.7 Å². The molecule has 7 heteroatoms. The first-order valence-corrected chi connectivity index (χ1v) is 62.1. The molecule has 25 aromatic rings. The molecule has 0 radical (unpaired) electrons. The van der Waals surface area contributed by atoms with Crippen LogP contribution in [0.15, 0.2) is 619 Å². The number of hydrogen-bond acceptors (Lipinski definition) is 0. The molecule has 2 nitrogen and oxygen atoms in total. The first kappa shape index (κ1) is 94.0. The van der Waals surface area contributed by atoms with E-state index in [1.807, 2.05) is 0 Å². The van der Waals surface area contributed by atoms with Crippen molar-refractivity contribution in [1.29, 1.82) is 0 Å². The van der Waals surface area contributed by atoms with Crippen LogP contribution in [0.5, 0.6) is 0 Å². The molecule has 27 rings (SSSR count). The zero-order valence-corrected chi connectivity index (χ0v) is 88.7. The van der Waals surface area contributed by atoms with E-state index in [9.17, 15) is 0 Å². The van der Waals surface area contributed by atoms with E-state index in [2.05, 4.69) is 642 Å². The van der Waals surface area contributed by atoms with Crippen molar-refractivity contribution in [1.82, 2.24) is 9.13 Å². The van der Waals surface area contributed by atoms with E-state index < -0.39 is 40.4 Å². The van der Waals surface area contributed by atoms with Crippen LogP contribution in [0.1, 0.15) is 33.4 Å². The van der Waals surface area contributed by atoms with Gasteiger partial charge in [-0.05, 0) is 195 Å². The first-order chi connectivity index (χ1) is 73.8. The van der Waals surface area contributed by atoms with Gasteiger partial charge in [0, 0.05) is 32.9 Å². The lowest BCUT2D eigenvalue weighted by Gasteiger charge is -2.44. The maximum atomic E-state index is 2.50. The van der Waals surface area contributed by atoms with E-state index in [4.69, 9.17) is 0 Å². The molecule has 0 fully saturated rings. The van der Waals surface area contributed by atoms with Gasteiger partial charge >= 0.3 is 0 Å². The molecule has 2 aromatic heterocycles. The average molecular weight is 1990 g/mol. The fourth-order valence-electron chi connectivity index (χ4n) is 25.4. The summed E-state index contributed by atoms with van der Waals surface area (Å²) < 4.78 is 4.96. The molecule has 0 bridgehead atoms. The van der Waals surface area contributed by atoms with E-state index >= 15 is 0 Å². The number of nitrogens with zero attached hydrogens (tertiary/aromatic N) is 2. The lowest BCUT2D eigenvalue weighted by molar-refractivity contribution is 1.14. The summed E-state index contributed by atoms with van der Waals surface area (Å²) >= 11 is 0. The minimum atomic E-state index is -2.88. The third-order valence-corrected chi connectivity index (χ3v) is 56.3. The molecule has 0 amide bonds. The topological polar surface area (TPSA) is 9.86 Å². The Morgan fingerprint density at radius 2 is 0.329 bits per heavy atom. The Morgan fingerprint density at radius 3 is 0.557 bits per heavy atom. The largest absolute Gasteiger partial charge is 0.309 e. The molecule has 149 heavy (non-hydrogen) atoms. The monoisotopic (exact) mass is 1980 g/mol. The average Bonchev–Trinajstić information content (AvgIpc) is 0.999. The van der Waals surface area contributed by atoms with Gasteiger partial charge in [0.1, 0.15) is 0 Å². The van der Waals surface area contributed by atoms with Gasteiger partial charge in [-0.2, -0.15) is 0 Å². The normalized spacial score (nSPS) is 12.4. The van der Waals surface area contributed by atoms with E-state index in [1.165, 1.54) is 160 Å². The van der Waals surface area contributed by atoms with E-state index in [-0.39, 0.29) is 0 Å². The van der Waals surface area contributed by atoms with Crippen LogP contribution >= 0.6 is 0 Å². The smallest absolute Gasteiger partial charge is 0.180 e. The van der Waals surface area contributed by atoms with Crippen LogP contribution in [0, 0.1) is 13.8 Å². The summed E-state index contributed by atoms with van der Waals surface area (Å²) in [7, 11) is -12.7. The molecule has 0 unspecified atom stereocenters. The van der Waals surface area contributed by atoms with Crippen LogP contribution in [0.3, 0.4) is 0 Å². The van der Waals surface area contributed by atoms with E-state index in [0.717, 1.165) is 24.2 Å². The second kappa shape index (κ2) is 41.3. The van der Waals surface area contributed by atoms with Gasteiger partial charge in [-0.1, -0.05) is 587 Å². The lowest BCUT2D eigenvalue weighted by atomic mass is 10.0. The van der Waals surface area contributed by atoms with Gasteiger partial charge in [0.2, 0.25) is 0 Å². The fourth-order valence-corrected chi connectivity index (χ4v) is 50.7. The van der Waals surface area contributed by atoms with Crippen molar-refractivity contribution in [3.63, 3.8) is 0 Å². The minimum absolute atomic E-state index is 1.05. The molecule has 0 saturated carbocycles. The predicted molar refractivity (Wildman–Crippen MR) is 648 cm³/mol. The third-order valence-electron chi connectivity index (χ3n) is 31.6. The van der Waals surface area contributed by atoms with Gasteiger partial charge in [0.25, 0.3) is 0 Å². The highest BCUT2D eigenvalue weighted by Crippen LogP contribution is 2.37. The number of hydrogen-bond donors (Lipinski definition) is 0. The number of rotatable bonds is 18. The lowest BCUT2D eigenvalue weighted by Crippen LogP contribution is -2.79. The first-order valence-electron chi connectivity index (χ1n) is 52.1. The van der Waals surface area contributed by atoms with Crippen molar-refractivity contribution < 1.29 is 0 Å². The number of para-hydroxylation sites is 4. The number of aryl methyl sites for hydroxylation is 2. The van der Waals surface area contributed by atoms with Crippen molar-refractivity contribution in [2.45, 2.75) is 26.7 Å². The van der Waals surface area contributed by atoms with Crippen LogP contribution in [0.4, 0.5) is 0 Å². The zero-order chi connectivity index (χ0) is 100.0. The van der Waals surface area contributed by atoms with Crippen molar-refractivity contribution >= 4 is 188 Å². The van der Waals surface area contributed by atoms with Crippen LogP contribution in [0.25, 0.3) is 55.0 Å². The summed E-state index contributed by atoms with van der Waals surface area (Å²) in [6, 6.07) is 230. The Hall–Kier alpha value is -17.3. The molecule has 0 saturated heterocycles. The second-order valence-corrected chi connectivity index (χ2v) is 58.3. The Bertz CT molecular complexity index is 8030. The Balaban J connectivity index is 0.000000110. The molecular weight excluding hydrogens is 1870 g/mol. The molecule has 710 valence electrons. The molecule has 0 aliphatic carbocycles. The van der Waals surface area contributed by atoms with Crippen molar-refractivity contribution in [3.8, 4) is 11.4 Å². The second-order valence-electron chi connectivity index (χ2n) is 39.4. The molecule has 2 aliphatic heterocycles. The SMILES string of the molecule is Cc1ccccc1[Si](c1ccccc1)(c1ccccc1)c1ccccc1C.c1ccc([Si](c2ccccc2)(c2ccccc2)c2cc(-n3c4ccccc4c4ccccc43)cc(-n3c4ccccc4c4ccccc43)c2)cc1.c1ccc([Si](c2ccccc2)(c2ccccc2)c2ccc([Si](c3ccccc3)(c3ccccc3)c3ccccc3)cc2)cc1.c1ccc2c(c1)Cc1ccccc1[Si]21c2ccccc2Cc2ccccc21. The summed E-state index contributed by atoms with van der Waals surface area (Å²) in [5, 5.41) is 33.7. The van der Waals surface area contributed by atoms with Crippen molar-refractivity contribution in [2.24, 2.45) is 0 Å². The highest BCUT2D eigenvalue weighted by Gasteiger charge is 2.52. The Morgan fingerprint density at radius 1 is 0.154 bits per heavy atom. The summed E-state index contributed by atoms with van der Waals surface area (Å²) in [6.45, 7) is 4.50. The van der Waals surface area contributed by atoms with Crippen LogP contribution in [-0.4, -0.2) is 49.5 Å². The molecular formula is C142H112N2Si5. The quantitative estimate of drug-likeness (QED) is 0.0599. The predicted octanol–water partition coefficient (Wildman–Crippen LogP) is 20.3. The summed E-state index contributed by atoms with van der Waals surface area (Å²) in [5.74, 6) is 0. The van der Waals surface area contributed by atoms with Gasteiger partial charge in [0.15, 0.2) is 40.4 Å². The number of fused-ring (bicyclic) bond motifs is 14. The molecule has 23 aromatic carbocycles. The maximum Gasteiger partial charge on any atom is 0.180 e. The minimum Gasteiger partial charge on any atom is -0.309 e. The number of benzene rings is 23. The Kier molecular flexibility index (Phi) is 26.1. The molecule has 4 heterocycles. The highest BCUT2D eigenvalue weighted by atomic mass is 28.3. The summed E-state index contributed by atoms with van der Waals surface area (Å²) in [4.78, 5) is 0. The van der Waals surface area contributed by atoms with E-state index in [0.29, 0.717) is 0 Å². The highest BCUT2D eigenvalue weighted by molar-refractivity contribution is 7.23.